The molecule has 2 amide bonds. The molecule has 176 valence electrons. The molecule has 2 heterocycles. The Morgan fingerprint density at radius 2 is 2.00 bits per heavy atom. The topological polar surface area (TPSA) is 119 Å². The zero-order valence-electron chi connectivity index (χ0n) is 19.0. The molecule has 0 fully saturated rings. The standard InChI is InChI=1S/C24H30N4O5/c1-16(2)21(27-24(32)33-14-17-6-4-3-5-7-17)20(29)12-18-8-9-19-13-25-15-28(19)11-10-26-23(31)22(18)30/h3-7,13,15-16,18,21H,8-12,14H2,1-2H3,(H,26,31)(H,27,32). The zero-order chi connectivity index (χ0) is 23.8. The molecule has 1 aliphatic rings. The molecule has 1 aromatic heterocycles. The van der Waals surface area contributed by atoms with Crippen LogP contribution >= 0.6 is 0 Å². The first-order valence-corrected chi connectivity index (χ1v) is 11.2. The van der Waals surface area contributed by atoms with E-state index in [0.717, 1.165) is 11.3 Å². The summed E-state index contributed by atoms with van der Waals surface area (Å²) in [6, 6.07) is 8.39. The average molecular weight is 455 g/mol. The maximum absolute atomic E-state index is 13.1. The number of ketones is 2. The van der Waals surface area contributed by atoms with Gasteiger partial charge in [-0.3, -0.25) is 14.4 Å². The summed E-state index contributed by atoms with van der Waals surface area (Å²) in [5, 5.41) is 5.24. The van der Waals surface area contributed by atoms with Gasteiger partial charge in [-0.05, 0) is 24.3 Å². The van der Waals surface area contributed by atoms with Crippen molar-refractivity contribution >= 4 is 23.6 Å². The zero-order valence-corrected chi connectivity index (χ0v) is 19.0. The largest absolute Gasteiger partial charge is 0.445 e. The Hall–Kier alpha value is -3.49. The molecule has 2 atom stereocenters. The molecule has 3 rings (SSSR count). The Morgan fingerprint density at radius 1 is 1.24 bits per heavy atom. The van der Waals surface area contributed by atoms with Gasteiger partial charge in [0.15, 0.2) is 5.78 Å². The highest BCUT2D eigenvalue weighted by Gasteiger charge is 2.32. The quantitative estimate of drug-likeness (QED) is 0.618. The number of hydrogen-bond acceptors (Lipinski definition) is 6. The van der Waals surface area contributed by atoms with E-state index in [1.54, 1.807) is 26.4 Å². The maximum Gasteiger partial charge on any atom is 0.408 e. The number of aromatic nitrogens is 2. The van der Waals surface area contributed by atoms with Crippen LogP contribution in [0.3, 0.4) is 0 Å². The molecule has 1 aliphatic heterocycles. The van der Waals surface area contributed by atoms with Crippen molar-refractivity contribution in [2.45, 2.75) is 52.3 Å². The van der Waals surface area contributed by atoms with Crippen LogP contribution in [0, 0.1) is 11.8 Å². The molecule has 0 aliphatic carbocycles. The predicted octanol–water partition coefficient (Wildman–Crippen LogP) is 2.04. The number of rotatable bonds is 7. The summed E-state index contributed by atoms with van der Waals surface area (Å²) in [6.07, 6.45) is 3.44. The minimum absolute atomic E-state index is 0.0840. The van der Waals surface area contributed by atoms with Gasteiger partial charge in [-0.2, -0.15) is 0 Å². The lowest BCUT2D eigenvalue weighted by molar-refractivity contribution is -0.141. The summed E-state index contributed by atoms with van der Waals surface area (Å²) in [6.45, 7) is 4.53. The molecule has 0 bridgehead atoms. The molecule has 33 heavy (non-hydrogen) atoms. The van der Waals surface area contributed by atoms with Gasteiger partial charge in [0.05, 0.1) is 12.4 Å². The van der Waals surface area contributed by atoms with Crippen LogP contribution in [0.1, 0.15) is 37.9 Å². The minimum Gasteiger partial charge on any atom is -0.445 e. The van der Waals surface area contributed by atoms with Crippen molar-refractivity contribution in [2.24, 2.45) is 11.8 Å². The Balaban J connectivity index is 1.64. The number of fused-ring (bicyclic) bond motifs is 1. The summed E-state index contributed by atoms with van der Waals surface area (Å²) in [5.74, 6) is -2.59. The maximum atomic E-state index is 13.1. The summed E-state index contributed by atoms with van der Waals surface area (Å²) in [5.41, 5.74) is 1.77. The van der Waals surface area contributed by atoms with Crippen molar-refractivity contribution in [3.05, 3.63) is 54.1 Å². The highest BCUT2D eigenvalue weighted by Crippen LogP contribution is 2.19. The van der Waals surface area contributed by atoms with E-state index in [0.29, 0.717) is 25.9 Å². The fourth-order valence-corrected chi connectivity index (χ4v) is 3.85. The van der Waals surface area contributed by atoms with Crippen molar-refractivity contribution in [1.82, 2.24) is 20.2 Å². The van der Waals surface area contributed by atoms with E-state index in [4.69, 9.17) is 4.74 Å². The van der Waals surface area contributed by atoms with Gasteiger partial charge in [0.25, 0.3) is 5.91 Å². The number of imidazole rings is 1. The van der Waals surface area contributed by atoms with Crippen molar-refractivity contribution in [2.75, 3.05) is 6.54 Å². The molecule has 9 nitrogen and oxygen atoms in total. The van der Waals surface area contributed by atoms with Crippen LogP contribution < -0.4 is 10.6 Å². The van der Waals surface area contributed by atoms with Crippen LogP contribution in [0.4, 0.5) is 4.79 Å². The van der Waals surface area contributed by atoms with E-state index in [1.807, 2.05) is 34.9 Å². The lowest BCUT2D eigenvalue weighted by Gasteiger charge is -2.24. The Kier molecular flexibility index (Phi) is 8.34. The third-order valence-electron chi connectivity index (χ3n) is 5.73. The molecule has 9 heteroatoms. The predicted molar refractivity (Wildman–Crippen MR) is 120 cm³/mol. The first-order chi connectivity index (χ1) is 15.8. The van der Waals surface area contributed by atoms with E-state index in [1.165, 1.54) is 0 Å². The second-order valence-electron chi connectivity index (χ2n) is 8.53. The second-order valence-corrected chi connectivity index (χ2v) is 8.53. The van der Waals surface area contributed by atoms with Gasteiger partial charge in [0.2, 0.25) is 5.78 Å². The fourth-order valence-electron chi connectivity index (χ4n) is 3.85. The van der Waals surface area contributed by atoms with Crippen LogP contribution in [-0.2, 0) is 38.7 Å². The van der Waals surface area contributed by atoms with Gasteiger partial charge in [0, 0.05) is 37.3 Å². The van der Waals surface area contributed by atoms with Crippen LogP contribution in [0.15, 0.2) is 42.9 Å². The van der Waals surface area contributed by atoms with Gasteiger partial charge < -0.3 is 19.9 Å². The number of hydrogen-bond donors (Lipinski definition) is 2. The molecule has 0 radical (unpaired) electrons. The number of benzene rings is 1. The highest BCUT2D eigenvalue weighted by molar-refractivity contribution is 6.37. The lowest BCUT2D eigenvalue weighted by Crippen LogP contribution is -2.46. The fraction of sp³-hybridized carbons (Fsp3) is 0.458. The Labute approximate surface area is 192 Å². The molecular weight excluding hydrogens is 424 g/mol. The van der Waals surface area contributed by atoms with Crippen LogP contribution in [-0.4, -0.2) is 45.7 Å². The number of ether oxygens (including phenoxy) is 1. The normalized spacial score (nSPS) is 17.6. The third-order valence-corrected chi connectivity index (χ3v) is 5.73. The summed E-state index contributed by atoms with van der Waals surface area (Å²) in [7, 11) is 0. The smallest absolute Gasteiger partial charge is 0.408 e. The van der Waals surface area contributed by atoms with Gasteiger partial charge in [0.1, 0.15) is 6.61 Å². The summed E-state index contributed by atoms with van der Waals surface area (Å²) < 4.78 is 7.17. The number of nitrogens with one attached hydrogen (secondary N) is 2. The highest BCUT2D eigenvalue weighted by atomic mass is 16.5. The average Bonchev–Trinajstić information content (AvgIpc) is 3.25. The van der Waals surface area contributed by atoms with Crippen LogP contribution in [0.25, 0.3) is 0 Å². The van der Waals surface area contributed by atoms with E-state index in [2.05, 4.69) is 15.6 Å². The first kappa shape index (κ1) is 24.2. The van der Waals surface area contributed by atoms with Gasteiger partial charge in [-0.1, -0.05) is 44.2 Å². The number of nitrogens with zero attached hydrogens (tertiary/aromatic N) is 2. The Bertz CT molecular complexity index is 986. The van der Waals surface area contributed by atoms with E-state index in [-0.39, 0.29) is 24.7 Å². The molecule has 0 saturated heterocycles. The minimum atomic E-state index is -0.829. The number of aryl methyl sites for hydroxylation is 1. The molecule has 2 N–H and O–H groups in total. The Morgan fingerprint density at radius 3 is 2.73 bits per heavy atom. The molecular formula is C24H30N4O5. The number of carbonyl (C=O) groups is 4. The van der Waals surface area contributed by atoms with Crippen LogP contribution in [0.5, 0.6) is 0 Å². The molecule has 0 saturated carbocycles. The van der Waals surface area contributed by atoms with Crippen molar-refractivity contribution in [1.29, 1.82) is 0 Å². The van der Waals surface area contributed by atoms with E-state index < -0.39 is 29.7 Å². The molecule has 2 aromatic rings. The molecule has 1 aromatic carbocycles. The van der Waals surface area contributed by atoms with Crippen LogP contribution in [0.2, 0.25) is 0 Å². The second kappa shape index (κ2) is 11.4. The monoisotopic (exact) mass is 454 g/mol. The summed E-state index contributed by atoms with van der Waals surface area (Å²) >= 11 is 0. The van der Waals surface area contributed by atoms with Crippen molar-refractivity contribution < 1.29 is 23.9 Å². The number of carbonyl (C=O) groups excluding carboxylic acids is 4. The number of alkyl carbamates (subject to hydrolysis) is 1. The third kappa shape index (κ3) is 6.74. The van der Waals surface area contributed by atoms with Crippen molar-refractivity contribution in [3.63, 3.8) is 0 Å². The van der Waals surface area contributed by atoms with Crippen molar-refractivity contribution in [3.8, 4) is 0 Å². The SMILES string of the molecule is CC(C)C(NC(=O)OCc1ccccc1)C(=O)CC1CCc2cncn2CCNC(=O)C1=O. The van der Waals surface area contributed by atoms with E-state index >= 15 is 0 Å². The van der Waals surface area contributed by atoms with Gasteiger partial charge >= 0.3 is 6.09 Å². The summed E-state index contributed by atoms with van der Waals surface area (Å²) in [4.78, 5) is 54.5. The molecule has 2 unspecified atom stereocenters. The lowest BCUT2D eigenvalue weighted by atomic mass is 9.87. The van der Waals surface area contributed by atoms with Gasteiger partial charge in [-0.25, -0.2) is 9.78 Å². The number of Topliss-reactive ketones (excluding diaryl/α,β-unsaturated/α-hetero) is 2. The van der Waals surface area contributed by atoms with E-state index in [9.17, 15) is 19.2 Å². The first-order valence-electron chi connectivity index (χ1n) is 11.2. The molecule has 0 spiro atoms. The number of amides is 2. The van der Waals surface area contributed by atoms with Gasteiger partial charge in [-0.15, -0.1) is 0 Å².